The van der Waals surface area contributed by atoms with Gasteiger partial charge >= 0.3 is 12.1 Å². The molecule has 0 spiro atoms. The predicted octanol–water partition coefficient (Wildman–Crippen LogP) is 8.22. The number of halogens is 3. The van der Waals surface area contributed by atoms with Gasteiger partial charge in [-0.05, 0) is 124 Å². The van der Waals surface area contributed by atoms with Gasteiger partial charge in [-0.3, -0.25) is 4.79 Å². The molecule has 1 aromatic rings. The zero-order chi connectivity index (χ0) is 23.4. The summed E-state index contributed by atoms with van der Waals surface area (Å²) in [6, 6.07) is 4.39. The van der Waals surface area contributed by atoms with Gasteiger partial charge in [0.05, 0.1) is 11.5 Å². The third-order valence-electron chi connectivity index (χ3n) is 8.71. The highest BCUT2D eigenvalue weighted by Gasteiger charge is 2.39. The lowest BCUT2D eigenvalue weighted by Gasteiger charge is -2.45. The molecule has 4 rings (SSSR count). The molecule has 0 N–H and O–H groups in total. The average molecular weight is 463 g/mol. The summed E-state index contributed by atoms with van der Waals surface area (Å²) < 4.78 is 43.5. The summed E-state index contributed by atoms with van der Waals surface area (Å²) in [4.78, 5) is 12.6. The quantitative estimate of drug-likeness (QED) is 0.242. The van der Waals surface area contributed by atoms with Gasteiger partial charge in [0.25, 0.3) is 0 Å². The molecular weight excluding hydrogens is 425 g/mol. The SMILES string of the molecule is C=CCCC1CCC2CC(C3CCC(C(=O)Oc4ccc(C(F)(F)F)cc4)CC3)CCC2C1. The van der Waals surface area contributed by atoms with E-state index < -0.39 is 11.7 Å². The van der Waals surface area contributed by atoms with Crippen LogP contribution in [0.4, 0.5) is 13.2 Å². The lowest BCUT2D eigenvalue weighted by Crippen LogP contribution is -2.35. The molecule has 0 saturated heterocycles. The highest BCUT2D eigenvalue weighted by atomic mass is 19.4. The number of allylic oxidation sites excluding steroid dienone is 1. The van der Waals surface area contributed by atoms with Crippen molar-refractivity contribution in [3.8, 4) is 5.75 Å². The van der Waals surface area contributed by atoms with Gasteiger partial charge in [-0.25, -0.2) is 0 Å². The predicted molar refractivity (Wildman–Crippen MR) is 124 cm³/mol. The summed E-state index contributed by atoms with van der Waals surface area (Å²) in [5.41, 5.74) is -0.734. The second-order valence-electron chi connectivity index (χ2n) is 10.7. The Morgan fingerprint density at radius 3 is 2.09 bits per heavy atom. The standard InChI is InChI=1S/C28H37F3O2/c1-2-3-4-19-5-6-24-18-23(12-11-22(24)17-19)20-7-9-21(10-8-20)27(32)33-26-15-13-25(14-16-26)28(29,30)31/h2,13-16,19-24H,1,3-12,17-18H2. The Morgan fingerprint density at radius 1 is 0.879 bits per heavy atom. The van der Waals surface area contributed by atoms with Gasteiger partial charge < -0.3 is 4.74 Å². The molecule has 0 aliphatic heterocycles. The number of hydrogen-bond acceptors (Lipinski definition) is 2. The molecule has 0 heterocycles. The third kappa shape index (κ3) is 6.22. The number of benzene rings is 1. The zero-order valence-electron chi connectivity index (χ0n) is 19.5. The number of carbonyl (C=O) groups excluding carboxylic acids is 1. The second kappa shape index (κ2) is 10.7. The van der Waals surface area contributed by atoms with Crippen LogP contribution in [0.25, 0.3) is 0 Å². The van der Waals surface area contributed by atoms with Gasteiger partial charge in [-0.1, -0.05) is 12.5 Å². The number of carbonyl (C=O) groups is 1. The van der Waals surface area contributed by atoms with E-state index in [9.17, 15) is 18.0 Å². The fraction of sp³-hybridized carbons (Fsp3) is 0.679. The van der Waals surface area contributed by atoms with Gasteiger partial charge in [-0.15, -0.1) is 6.58 Å². The lowest BCUT2D eigenvalue weighted by atomic mass is 9.60. The molecule has 3 aliphatic rings. The van der Waals surface area contributed by atoms with Crippen molar-refractivity contribution in [2.75, 3.05) is 0 Å². The molecule has 3 fully saturated rings. The van der Waals surface area contributed by atoms with Crippen molar-refractivity contribution < 1.29 is 22.7 Å². The summed E-state index contributed by atoms with van der Waals surface area (Å²) in [5.74, 6) is 3.97. The largest absolute Gasteiger partial charge is 0.426 e. The van der Waals surface area contributed by atoms with Crippen LogP contribution in [0.3, 0.4) is 0 Å². The van der Waals surface area contributed by atoms with Crippen LogP contribution < -0.4 is 4.74 Å². The van der Waals surface area contributed by atoms with Crippen molar-refractivity contribution in [1.29, 1.82) is 0 Å². The van der Waals surface area contributed by atoms with Crippen LogP contribution in [0.1, 0.15) is 82.6 Å². The van der Waals surface area contributed by atoms with E-state index in [1.807, 2.05) is 0 Å². The molecule has 0 bridgehead atoms. The minimum Gasteiger partial charge on any atom is -0.426 e. The first kappa shape index (κ1) is 24.3. The molecule has 4 unspecified atom stereocenters. The van der Waals surface area contributed by atoms with Crippen LogP contribution in [-0.4, -0.2) is 5.97 Å². The molecule has 1 aromatic carbocycles. The first-order valence-corrected chi connectivity index (χ1v) is 12.8. The van der Waals surface area contributed by atoms with Crippen LogP contribution in [0, 0.1) is 35.5 Å². The van der Waals surface area contributed by atoms with E-state index in [1.54, 1.807) is 0 Å². The van der Waals surface area contributed by atoms with Crippen molar-refractivity contribution in [2.45, 2.75) is 83.2 Å². The Kier molecular flexibility index (Phi) is 7.86. The van der Waals surface area contributed by atoms with Crippen LogP contribution >= 0.6 is 0 Å². The maximum absolute atomic E-state index is 12.7. The summed E-state index contributed by atoms with van der Waals surface area (Å²) in [6.45, 7) is 3.87. The van der Waals surface area contributed by atoms with Crippen LogP contribution in [0.5, 0.6) is 5.75 Å². The van der Waals surface area contributed by atoms with E-state index >= 15 is 0 Å². The molecule has 5 heteroatoms. The van der Waals surface area contributed by atoms with E-state index in [-0.39, 0.29) is 17.6 Å². The van der Waals surface area contributed by atoms with Crippen molar-refractivity contribution in [3.05, 3.63) is 42.5 Å². The van der Waals surface area contributed by atoms with Crippen molar-refractivity contribution in [3.63, 3.8) is 0 Å². The summed E-state index contributed by atoms with van der Waals surface area (Å²) in [7, 11) is 0. The molecule has 0 amide bonds. The number of ether oxygens (including phenoxy) is 1. The van der Waals surface area contributed by atoms with Crippen molar-refractivity contribution in [2.24, 2.45) is 35.5 Å². The summed E-state index contributed by atoms with van der Waals surface area (Å²) >= 11 is 0. The van der Waals surface area contributed by atoms with Gasteiger partial charge in [-0.2, -0.15) is 13.2 Å². The molecule has 33 heavy (non-hydrogen) atoms. The third-order valence-corrected chi connectivity index (χ3v) is 8.71. The molecule has 0 radical (unpaired) electrons. The van der Waals surface area contributed by atoms with Crippen LogP contribution in [-0.2, 0) is 11.0 Å². The van der Waals surface area contributed by atoms with Gasteiger partial charge in [0.1, 0.15) is 5.75 Å². The van der Waals surface area contributed by atoms with Gasteiger partial charge in [0, 0.05) is 0 Å². The van der Waals surface area contributed by atoms with E-state index in [1.165, 1.54) is 57.1 Å². The number of fused-ring (bicyclic) bond motifs is 1. The fourth-order valence-electron chi connectivity index (χ4n) is 6.80. The van der Waals surface area contributed by atoms with Crippen molar-refractivity contribution >= 4 is 5.97 Å². The van der Waals surface area contributed by atoms with E-state index in [0.29, 0.717) is 5.92 Å². The molecule has 3 aliphatic carbocycles. The Morgan fingerprint density at radius 2 is 1.45 bits per heavy atom. The maximum atomic E-state index is 12.7. The first-order chi connectivity index (χ1) is 15.8. The Hall–Kier alpha value is -1.78. The molecule has 0 aromatic heterocycles. The smallest absolute Gasteiger partial charge is 0.416 e. The number of rotatable bonds is 6. The number of hydrogen-bond donors (Lipinski definition) is 0. The highest BCUT2D eigenvalue weighted by molar-refractivity contribution is 5.75. The molecule has 182 valence electrons. The average Bonchev–Trinajstić information content (AvgIpc) is 2.82. The molecule has 3 saturated carbocycles. The van der Waals surface area contributed by atoms with Crippen LogP contribution in [0.2, 0.25) is 0 Å². The molecule has 2 nitrogen and oxygen atoms in total. The monoisotopic (exact) mass is 462 g/mol. The Bertz CT molecular complexity index is 792. The molecule has 4 atom stereocenters. The fourth-order valence-corrected chi connectivity index (χ4v) is 6.80. The minimum atomic E-state index is -4.38. The topological polar surface area (TPSA) is 26.3 Å². The Balaban J connectivity index is 1.21. The number of alkyl halides is 3. The zero-order valence-corrected chi connectivity index (χ0v) is 19.5. The first-order valence-electron chi connectivity index (χ1n) is 12.8. The molecular formula is C28H37F3O2. The highest BCUT2D eigenvalue weighted by Crippen LogP contribution is 2.49. The minimum absolute atomic E-state index is 0.139. The van der Waals surface area contributed by atoms with Gasteiger partial charge in [0.2, 0.25) is 0 Å². The van der Waals surface area contributed by atoms with E-state index in [2.05, 4.69) is 12.7 Å². The van der Waals surface area contributed by atoms with E-state index in [4.69, 9.17) is 4.74 Å². The summed E-state index contributed by atoms with van der Waals surface area (Å²) in [5, 5.41) is 0. The van der Waals surface area contributed by atoms with Crippen LogP contribution in [0.15, 0.2) is 36.9 Å². The normalized spacial score (nSPS) is 32.6. The maximum Gasteiger partial charge on any atom is 0.416 e. The summed E-state index contributed by atoms with van der Waals surface area (Å²) in [6.07, 6.45) is 12.2. The Labute approximate surface area is 196 Å². The van der Waals surface area contributed by atoms with Crippen molar-refractivity contribution in [1.82, 2.24) is 0 Å². The van der Waals surface area contributed by atoms with Gasteiger partial charge in [0.15, 0.2) is 0 Å². The lowest BCUT2D eigenvalue weighted by molar-refractivity contribution is -0.140. The second-order valence-corrected chi connectivity index (χ2v) is 10.7. The van der Waals surface area contributed by atoms with E-state index in [0.717, 1.165) is 67.9 Å². The number of esters is 1.